The number of pyridine rings is 1. The van der Waals surface area contributed by atoms with Gasteiger partial charge in [0.05, 0.1) is 11.2 Å². The molecule has 0 aliphatic rings. The molecule has 0 bridgehead atoms. The van der Waals surface area contributed by atoms with Gasteiger partial charge in [-0.1, -0.05) is 23.7 Å². The minimum atomic E-state index is -0.295. The second-order valence-corrected chi connectivity index (χ2v) is 5.94. The molecule has 1 aromatic heterocycles. The van der Waals surface area contributed by atoms with Crippen LogP contribution in [0.2, 0.25) is 5.02 Å². The summed E-state index contributed by atoms with van der Waals surface area (Å²) in [5.41, 5.74) is 2.47. The molecular weight excluding hydrogens is 355 g/mol. The highest BCUT2D eigenvalue weighted by atomic mass is 79.9. The highest BCUT2D eigenvalue weighted by molar-refractivity contribution is 9.10. The van der Waals surface area contributed by atoms with Gasteiger partial charge < -0.3 is 5.32 Å². The van der Waals surface area contributed by atoms with Crippen LogP contribution in [0.3, 0.4) is 0 Å². The third kappa shape index (κ3) is 3.17. The lowest BCUT2D eigenvalue weighted by Gasteiger charge is -2.10. The van der Waals surface area contributed by atoms with Crippen LogP contribution in [0.5, 0.6) is 0 Å². The number of benzene rings is 2. The lowest BCUT2D eigenvalue weighted by Crippen LogP contribution is -2.01. The van der Waals surface area contributed by atoms with Crippen LogP contribution in [0.25, 0.3) is 10.9 Å². The number of nitrogens with one attached hydrogen (secondary N) is 1. The molecule has 0 aliphatic heterocycles. The van der Waals surface area contributed by atoms with Crippen molar-refractivity contribution in [3.8, 4) is 0 Å². The summed E-state index contributed by atoms with van der Waals surface area (Å²) in [6.07, 6.45) is 1.75. The molecule has 2 nitrogen and oxygen atoms in total. The zero-order chi connectivity index (χ0) is 14.8. The van der Waals surface area contributed by atoms with Crippen molar-refractivity contribution < 1.29 is 4.39 Å². The molecule has 106 valence electrons. The summed E-state index contributed by atoms with van der Waals surface area (Å²) in [4.78, 5) is 4.42. The van der Waals surface area contributed by atoms with E-state index in [4.69, 9.17) is 11.6 Å². The fraction of sp³-hybridized carbons (Fsp3) is 0.0625. The second kappa shape index (κ2) is 6.00. The molecule has 3 aromatic rings. The first-order chi connectivity index (χ1) is 10.1. The molecule has 5 heteroatoms. The Kier molecular flexibility index (Phi) is 4.08. The van der Waals surface area contributed by atoms with Crippen molar-refractivity contribution in [2.24, 2.45) is 0 Å². The number of hydrogen-bond acceptors (Lipinski definition) is 2. The molecule has 0 unspecified atom stereocenters. The number of para-hydroxylation sites is 1. The van der Waals surface area contributed by atoms with Crippen molar-refractivity contribution in [2.45, 2.75) is 6.54 Å². The number of fused-ring (bicyclic) bond motifs is 1. The van der Waals surface area contributed by atoms with E-state index in [0.717, 1.165) is 21.1 Å². The smallest absolute Gasteiger partial charge is 0.123 e. The van der Waals surface area contributed by atoms with Crippen molar-refractivity contribution in [1.82, 2.24) is 4.98 Å². The molecule has 0 aliphatic carbocycles. The summed E-state index contributed by atoms with van der Waals surface area (Å²) >= 11 is 9.48. The Morgan fingerprint density at radius 2 is 2.05 bits per heavy atom. The number of rotatable bonds is 3. The monoisotopic (exact) mass is 364 g/mol. The van der Waals surface area contributed by atoms with Crippen LogP contribution in [0.4, 0.5) is 10.1 Å². The van der Waals surface area contributed by atoms with Gasteiger partial charge in [-0.3, -0.25) is 4.98 Å². The topological polar surface area (TPSA) is 24.9 Å². The Morgan fingerprint density at radius 1 is 1.19 bits per heavy atom. The van der Waals surface area contributed by atoms with E-state index in [0.29, 0.717) is 17.1 Å². The molecule has 0 fully saturated rings. The van der Waals surface area contributed by atoms with Crippen molar-refractivity contribution in [3.63, 3.8) is 0 Å². The van der Waals surface area contributed by atoms with Crippen molar-refractivity contribution in [3.05, 3.63) is 69.5 Å². The van der Waals surface area contributed by atoms with Crippen molar-refractivity contribution >= 4 is 44.1 Å². The van der Waals surface area contributed by atoms with Crippen molar-refractivity contribution in [1.29, 1.82) is 0 Å². The molecule has 0 saturated heterocycles. The molecular formula is C16H11BrClFN2. The van der Waals surface area contributed by atoms with E-state index >= 15 is 0 Å². The molecule has 0 amide bonds. The quantitative estimate of drug-likeness (QED) is 0.672. The van der Waals surface area contributed by atoms with E-state index in [1.165, 1.54) is 12.1 Å². The third-order valence-corrected chi connectivity index (χ3v) is 3.96. The van der Waals surface area contributed by atoms with E-state index in [1.807, 2.05) is 24.3 Å². The summed E-state index contributed by atoms with van der Waals surface area (Å²) in [5.74, 6) is -0.295. The van der Waals surface area contributed by atoms with E-state index in [2.05, 4.69) is 26.2 Å². The third-order valence-electron chi connectivity index (χ3n) is 3.15. The number of nitrogens with zero attached hydrogens (tertiary/aromatic N) is 1. The number of hydrogen-bond donors (Lipinski definition) is 1. The van der Waals surface area contributed by atoms with Gasteiger partial charge in [-0.25, -0.2) is 4.39 Å². The fourth-order valence-electron chi connectivity index (χ4n) is 2.15. The fourth-order valence-corrected chi connectivity index (χ4v) is 2.68. The van der Waals surface area contributed by atoms with Crippen LogP contribution < -0.4 is 5.32 Å². The highest BCUT2D eigenvalue weighted by Crippen LogP contribution is 2.25. The van der Waals surface area contributed by atoms with Gasteiger partial charge in [0.15, 0.2) is 0 Å². The lowest BCUT2D eigenvalue weighted by molar-refractivity contribution is 0.626. The average Bonchev–Trinajstić information content (AvgIpc) is 2.47. The van der Waals surface area contributed by atoms with Gasteiger partial charge in [-0.2, -0.15) is 0 Å². The first-order valence-corrected chi connectivity index (χ1v) is 7.52. The van der Waals surface area contributed by atoms with Gasteiger partial charge in [0.2, 0.25) is 0 Å². The number of aromatic nitrogens is 1. The Morgan fingerprint density at radius 3 is 2.90 bits per heavy atom. The van der Waals surface area contributed by atoms with Crippen LogP contribution in [-0.4, -0.2) is 4.98 Å². The number of anilines is 1. The maximum absolute atomic E-state index is 13.3. The SMILES string of the molecule is Fc1ccc(Cl)c(CNc2cccc3cc(Br)cnc23)c1. The molecule has 0 radical (unpaired) electrons. The first-order valence-electron chi connectivity index (χ1n) is 6.35. The lowest BCUT2D eigenvalue weighted by atomic mass is 10.1. The minimum Gasteiger partial charge on any atom is -0.379 e. The zero-order valence-corrected chi connectivity index (χ0v) is 13.2. The van der Waals surface area contributed by atoms with E-state index in [9.17, 15) is 4.39 Å². The van der Waals surface area contributed by atoms with Crippen LogP contribution in [0.15, 0.2) is 53.1 Å². The summed E-state index contributed by atoms with van der Waals surface area (Å²) in [6, 6.07) is 12.2. The summed E-state index contributed by atoms with van der Waals surface area (Å²) < 4.78 is 14.2. The molecule has 2 aromatic carbocycles. The molecule has 1 heterocycles. The normalized spacial score (nSPS) is 10.8. The Labute approximate surface area is 135 Å². The predicted octanol–water partition coefficient (Wildman–Crippen LogP) is 5.40. The van der Waals surface area contributed by atoms with Crippen LogP contribution >= 0.6 is 27.5 Å². The minimum absolute atomic E-state index is 0.295. The second-order valence-electron chi connectivity index (χ2n) is 4.62. The molecule has 0 saturated carbocycles. The van der Waals surface area contributed by atoms with Gasteiger partial charge in [-0.05, 0) is 51.8 Å². The molecule has 1 N–H and O–H groups in total. The number of halogens is 3. The zero-order valence-electron chi connectivity index (χ0n) is 10.9. The summed E-state index contributed by atoms with van der Waals surface area (Å²) in [5, 5.41) is 4.83. The standard InChI is InChI=1S/C16H11BrClFN2/c17-12-6-10-2-1-3-15(16(10)21-9-12)20-8-11-7-13(19)4-5-14(11)18/h1-7,9,20H,8H2. The summed E-state index contributed by atoms with van der Waals surface area (Å²) in [6.45, 7) is 0.438. The van der Waals surface area contributed by atoms with Gasteiger partial charge in [0.25, 0.3) is 0 Å². The molecule has 21 heavy (non-hydrogen) atoms. The Bertz CT molecular complexity index is 807. The first kappa shape index (κ1) is 14.3. The van der Waals surface area contributed by atoms with E-state index in [1.54, 1.807) is 12.3 Å². The van der Waals surface area contributed by atoms with Gasteiger partial charge in [0.1, 0.15) is 5.82 Å². The molecule has 3 rings (SSSR count). The van der Waals surface area contributed by atoms with E-state index in [-0.39, 0.29) is 5.82 Å². The average molecular weight is 366 g/mol. The molecule has 0 spiro atoms. The Balaban J connectivity index is 1.90. The maximum atomic E-state index is 13.3. The van der Waals surface area contributed by atoms with Crippen molar-refractivity contribution in [2.75, 3.05) is 5.32 Å². The highest BCUT2D eigenvalue weighted by Gasteiger charge is 2.05. The predicted molar refractivity (Wildman–Crippen MR) is 88.2 cm³/mol. The Hall–Kier alpha value is -1.65. The van der Waals surface area contributed by atoms with Crippen LogP contribution in [0.1, 0.15) is 5.56 Å². The van der Waals surface area contributed by atoms with E-state index < -0.39 is 0 Å². The maximum Gasteiger partial charge on any atom is 0.123 e. The van der Waals surface area contributed by atoms with Gasteiger partial charge in [0, 0.05) is 27.6 Å². The molecule has 0 atom stereocenters. The summed E-state index contributed by atoms with van der Waals surface area (Å²) in [7, 11) is 0. The van der Waals surface area contributed by atoms with Gasteiger partial charge >= 0.3 is 0 Å². The largest absolute Gasteiger partial charge is 0.379 e. The van der Waals surface area contributed by atoms with Crippen LogP contribution in [-0.2, 0) is 6.54 Å². The van der Waals surface area contributed by atoms with Gasteiger partial charge in [-0.15, -0.1) is 0 Å². The van der Waals surface area contributed by atoms with Crippen LogP contribution in [0, 0.1) is 5.82 Å².